The summed E-state index contributed by atoms with van der Waals surface area (Å²) in [5.74, 6) is 1.87. The third-order valence-electron chi connectivity index (χ3n) is 3.75. The summed E-state index contributed by atoms with van der Waals surface area (Å²) in [4.78, 5) is 0. The van der Waals surface area contributed by atoms with Gasteiger partial charge in [0.25, 0.3) is 0 Å². The van der Waals surface area contributed by atoms with Gasteiger partial charge in [-0.2, -0.15) is 0 Å². The van der Waals surface area contributed by atoms with Crippen LogP contribution in [0.25, 0.3) is 0 Å². The first-order chi connectivity index (χ1) is 7.93. The Kier molecular flexibility index (Phi) is 2.83. The maximum atomic E-state index is 5.74. The van der Waals surface area contributed by atoms with Crippen LogP contribution in [0.1, 0.15) is 36.3 Å². The summed E-state index contributed by atoms with van der Waals surface area (Å²) in [5.41, 5.74) is 2.87. The molecule has 1 aromatic rings. The molecule has 1 aromatic carbocycles. The Balaban J connectivity index is 1.84. The van der Waals surface area contributed by atoms with Gasteiger partial charge in [-0.05, 0) is 61.9 Å². The summed E-state index contributed by atoms with van der Waals surface area (Å²) in [7, 11) is 0. The first-order valence-corrected chi connectivity index (χ1v) is 6.40. The van der Waals surface area contributed by atoms with Gasteiger partial charge >= 0.3 is 0 Å². The molecular formula is C14H19NO. The second-order valence-corrected chi connectivity index (χ2v) is 4.84. The van der Waals surface area contributed by atoms with E-state index < -0.39 is 0 Å². The molecule has 2 heterocycles. The van der Waals surface area contributed by atoms with Crippen LogP contribution < -0.4 is 10.1 Å². The molecule has 1 fully saturated rings. The Hall–Kier alpha value is -1.02. The predicted molar refractivity (Wildman–Crippen MR) is 65.1 cm³/mol. The van der Waals surface area contributed by atoms with Crippen LogP contribution in [0.15, 0.2) is 18.2 Å². The maximum absolute atomic E-state index is 5.74. The molecule has 0 aromatic heterocycles. The van der Waals surface area contributed by atoms with Gasteiger partial charge in [0.15, 0.2) is 0 Å². The lowest BCUT2D eigenvalue weighted by Crippen LogP contribution is -2.26. The van der Waals surface area contributed by atoms with Gasteiger partial charge in [-0.1, -0.05) is 12.1 Å². The van der Waals surface area contributed by atoms with E-state index in [4.69, 9.17) is 4.74 Å². The van der Waals surface area contributed by atoms with Gasteiger partial charge < -0.3 is 10.1 Å². The second kappa shape index (κ2) is 4.46. The van der Waals surface area contributed by atoms with Gasteiger partial charge in [0.05, 0.1) is 6.61 Å². The Morgan fingerprint density at radius 3 is 2.94 bits per heavy atom. The van der Waals surface area contributed by atoms with Gasteiger partial charge in [0, 0.05) is 0 Å². The number of ether oxygens (including phenoxy) is 1. The van der Waals surface area contributed by atoms with Crippen molar-refractivity contribution < 1.29 is 4.74 Å². The Morgan fingerprint density at radius 1 is 1.19 bits per heavy atom. The Morgan fingerprint density at radius 2 is 2.06 bits per heavy atom. The van der Waals surface area contributed by atoms with E-state index in [0.717, 1.165) is 31.4 Å². The van der Waals surface area contributed by atoms with E-state index in [0.29, 0.717) is 0 Å². The third-order valence-corrected chi connectivity index (χ3v) is 3.75. The van der Waals surface area contributed by atoms with Crippen molar-refractivity contribution in [1.82, 2.24) is 5.32 Å². The molecule has 0 saturated carbocycles. The van der Waals surface area contributed by atoms with E-state index in [9.17, 15) is 0 Å². The van der Waals surface area contributed by atoms with E-state index in [2.05, 4.69) is 23.5 Å². The number of rotatable bonds is 1. The average molecular weight is 217 g/mol. The molecule has 3 rings (SSSR count). The van der Waals surface area contributed by atoms with E-state index in [1.807, 2.05) is 0 Å². The Labute approximate surface area is 97.0 Å². The smallest absolute Gasteiger partial charge is 0.122 e. The van der Waals surface area contributed by atoms with Crippen LogP contribution in [0.3, 0.4) is 0 Å². The minimum atomic E-state index is 0.733. The van der Waals surface area contributed by atoms with Crippen LogP contribution in [0.5, 0.6) is 5.75 Å². The zero-order valence-corrected chi connectivity index (χ0v) is 9.67. The standard InChI is InChI=1S/C14H19NO/c1-2-12-3-4-13(10-14(12)16-9-1)11-5-7-15-8-6-11/h3-4,10-11,15H,1-2,5-9H2. The highest BCUT2D eigenvalue weighted by atomic mass is 16.5. The lowest BCUT2D eigenvalue weighted by molar-refractivity contribution is 0.287. The van der Waals surface area contributed by atoms with Gasteiger partial charge in [0.1, 0.15) is 5.75 Å². The molecule has 1 N–H and O–H groups in total. The summed E-state index contributed by atoms with van der Waals surface area (Å²) < 4.78 is 5.74. The number of aryl methyl sites for hydroxylation is 1. The molecule has 0 radical (unpaired) electrons. The van der Waals surface area contributed by atoms with E-state index in [-0.39, 0.29) is 0 Å². The second-order valence-electron chi connectivity index (χ2n) is 4.84. The summed E-state index contributed by atoms with van der Waals surface area (Å²) in [5, 5.41) is 3.42. The van der Waals surface area contributed by atoms with E-state index >= 15 is 0 Å². The fourth-order valence-electron chi connectivity index (χ4n) is 2.77. The third kappa shape index (κ3) is 1.94. The monoisotopic (exact) mass is 217 g/mol. The number of hydrogen-bond donors (Lipinski definition) is 1. The number of hydrogen-bond acceptors (Lipinski definition) is 2. The molecule has 2 heteroatoms. The van der Waals surface area contributed by atoms with Crippen molar-refractivity contribution in [2.45, 2.75) is 31.6 Å². The molecule has 0 aliphatic carbocycles. The largest absolute Gasteiger partial charge is 0.493 e. The van der Waals surface area contributed by atoms with Crippen LogP contribution >= 0.6 is 0 Å². The van der Waals surface area contributed by atoms with Crippen LogP contribution in [-0.2, 0) is 6.42 Å². The first kappa shape index (κ1) is 10.2. The molecule has 0 bridgehead atoms. The van der Waals surface area contributed by atoms with E-state index in [1.54, 1.807) is 0 Å². The van der Waals surface area contributed by atoms with Crippen LogP contribution in [-0.4, -0.2) is 19.7 Å². The fraction of sp³-hybridized carbons (Fsp3) is 0.571. The normalized spacial score (nSPS) is 21.2. The zero-order valence-electron chi connectivity index (χ0n) is 9.67. The SMILES string of the molecule is c1cc2c(cc1C1CCNCC1)OCCC2. The molecule has 2 aliphatic heterocycles. The summed E-state index contributed by atoms with van der Waals surface area (Å²) >= 11 is 0. The van der Waals surface area contributed by atoms with Crippen LogP contribution in [0.2, 0.25) is 0 Å². The summed E-state index contributed by atoms with van der Waals surface area (Å²) in [6.45, 7) is 3.20. The van der Waals surface area contributed by atoms with Crippen LogP contribution in [0, 0.1) is 0 Å². The van der Waals surface area contributed by atoms with Crippen molar-refractivity contribution in [1.29, 1.82) is 0 Å². The number of piperidine rings is 1. The summed E-state index contributed by atoms with van der Waals surface area (Å²) in [6, 6.07) is 6.86. The molecule has 16 heavy (non-hydrogen) atoms. The number of fused-ring (bicyclic) bond motifs is 1. The van der Waals surface area contributed by atoms with Crippen LogP contribution in [0.4, 0.5) is 0 Å². The van der Waals surface area contributed by atoms with Gasteiger partial charge in [-0.3, -0.25) is 0 Å². The maximum Gasteiger partial charge on any atom is 0.122 e. The topological polar surface area (TPSA) is 21.3 Å². The highest BCUT2D eigenvalue weighted by Gasteiger charge is 2.17. The zero-order chi connectivity index (χ0) is 10.8. The number of benzene rings is 1. The van der Waals surface area contributed by atoms with Crippen molar-refractivity contribution in [2.75, 3.05) is 19.7 Å². The van der Waals surface area contributed by atoms with Crippen molar-refractivity contribution in [3.05, 3.63) is 29.3 Å². The Bertz CT molecular complexity index is 369. The molecule has 0 unspecified atom stereocenters. The van der Waals surface area contributed by atoms with Gasteiger partial charge in [0.2, 0.25) is 0 Å². The molecule has 2 nitrogen and oxygen atoms in total. The molecule has 2 aliphatic rings. The predicted octanol–water partition coefficient (Wildman–Crippen LogP) is 2.48. The molecule has 86 valence electrons. The lowest BCUT2D eigenvalue weighted by Gasteiger charge is -2.25. The highest BCUT2D eigenvalue weighted by molar-refractivity contribution is 5.40. The lowest BCUT2D eigenvalue weighted by atomic mass is 9.89. The quantitative estimate of drug-likeness (QED) is 0.780. The highest BCUT2D eigenvalue weighted by Crippen LogP contribution is 2.32. The molecule has 1 saturated heterocycles. The molecule has 0 atom stereocenters. The van der Waals surface area contributed by atoms with Crippen molar-refractivity contribution >= 4 is 0 Å². The number of nitrogens with one attached hydrogen (secondary N) is 1. The van der Waals surface area contributed by atoms with Crippen molar-refractivity contribution in [2.24, 2.45) is 0 Å². The fourth-order valence-corrected chi connectivity index (χ4v) is 2.77. The first-order valence-electron chi connectivity index (χ1n) is 6.40. The van der Waals surface area contributed by atoms with Gasteiger partial charge in [-0.15, -0.1) is 0 Å². The summed E-state index contributed by atoms with van der Waals surface area (Å²) in [6.07, 6.45) is 4.87. The molecule has 0 spiro atoms. The minimum absolute atomic E-state index is 0.733. The van der Waals surface area contributed by atoms with Crippen molar-refractivity contribution in [3.8, 4) is 5.75 Å². The van der Waals surface area contributed by atoms with Gasteiger partial charge in [-0.25, -0.2) is 0 Å². The van der Waals surface area contributed by atoms with E-state index in [1.165, 1.54) is 36.8 Å². The molecule has 0 amide bonds. The average Bonchev–Trinajstić information content (AvgIpc) is 2.39. The molecular weight excluding hydrogens is 198 g/mol. The van der Waals surface area contributed by atoms with Crippen molar-refractivity contribution in [3.63, 3.8) is 0 Å². The minimum Gasteiger partial charge on any atom is -0.493 e.